The molecule has 1 rings (SSSR count). The zero-order chi connectivity index (χ0) is 24.5. The number of carboxylic acid groups (broad SMARTS) is 2. The van der Waals surface area contributed by atoms with E-state index in [4.69, 9.17) is 35.9 Å². The number of methoxy groups -OCH3 is 1. The molecular weight excluding hydrogens is 437 g/mol. The monoisotopic (exact) mass is 460 g/mol. The van der Waals surface area contributed by atoms with Crippen LogP contribution >= 0.6 is 0 Å². The van der Waals surface area contributed by atoms with Gasteiger partial charge < -0.3 is 46.7 Å². The number of guanidine groups is 1. The molecule has 0 aromatic heterocycles. The number of aliphatic hydroxyl groups excluding tert-OH is 2. The van der Waals surface area contributed by atoms with E-state index in [1.807, 2.05) is 0 Å². The van der Waals surface area contributed by atoms with Gasteiger partial charge in [-0.2, -0.15) is 13.2 Å². The van der Waals surface area contributed by atoms with E-state index in [-0.39, 0.29) is 5.96 Å². The number of rotatable bonds is 7. The summed E-state index contributed by atoms with van der Waals surface area (Å²) in [6.45, 7) is 0.578. The molecule has 0 aromatic rings. The molecule has 0 bridgehead atoms. The standard InChI is InChI=1S/C13H22N4O7.C2HF3O2/c1-5(19)16-9-6(17-13(14)15)3-8(12(21)22)24-11(9)10(23-2)7(20)4-18;3-2(4,5)1(6)7/h3,6-7,9-11,18,20H,4H2,1-2H3,(H,16,19)(H,21,22)(H4,14,15,17);(H,6,7)/t6-,7+,9+,10-,11+;/m0./s1. The predicted octanol–water partition coefficient (Wildman–Crippen LogP) is -2.50. The van der Waals surface area contributed by atoms with Crippen LogP contribution in [0.4, 0.5) is 13.2 Å². The van der Waals surface area contributed by atoms with Crippen LogP contribution < -0.4 is 16.8 Å². The van der Waals surface area contributed by atoms with Gasteiger partial charge in [-0.25, -0.2) is 14.6 Å². The van der Waals surface area contributed by atoms with Crippen molar-refractivity contribution in [2.45, 2.75) is 43.5 Å². The van der Waals surface area contributed by atoms with Gasteiger partial charge in [0, 0.05) is 14.0 Å². The molecular formula is C15H23F3N4O9. The van der Waals surface area contributed by atoms with Crippen LogP contribution in [0.1, 0.15) is 6.92 Å². The number of halogens is 3. The summed E-state index contributed by atoms with van der Waals surface area (Å²) in [6.07, 6.45) is -7.64. The molecule has 16 heteroatoms. The van der Waals surface area contributed by atoms with Gasteiger partial charge in [-0.3, -0.25) is 4.79 Å². The van der Waals surface area contributed by atoms with Crippen molar-refractivity contribution in [3.63, 3.8) is 0 Å². The number of ether oxygens (including phenoxy) is 2. The molecule has 5 atom stereocenters. The number of nitrogens with two attached hydrogens (primary N) is 2. The fourth-order valence-corrected chi connectivity index (χ4v) is 2.41. The molecule has 1 aliphatic rings. The molecule has 31 heavy (non-hydrogen) atoms. The SMILES string of the molecule is CO[C@H]([C@@H]1OC(C(=O)O)=C[C@H](N=C(N)N)[C@H]1NC(C)=O)[C@H](O)CO.O=C(O)C(F)(F)F. The Morgan fingerprint density at radius 2 is 1.84 bits per heavy atom. The molecule has 0 radical (unpaired) electrons. The number of nitrogens with zero attached hydrogens (tertiary/aromatic N) is 1. The van der Waals surface area contributed by atoms with Crippen LogP contribution in [0, 0.1) is 0 Å². The normalized spacial score (nSPS) is 22.4. The number of carbonyl (C=O) groups is 3. The Hall–Kier alpha value is -3.11. The summed E-state index contributed by atoms with van der Waals surface area (Å²) in [5, 5.41) is 37.9. The van der Waals surface area contributed by atoms with Gasteiger partial charge in [0.05, 0.1) is 18.7 Å². The minimum atomic E-state index is -5.08. The van der Waals surface area contributed by atoms with Crippen molar-refractivity contribution in [2.24, 2.45) is 16.5 Å². The molecule has 0 saturated heterocycles. The van der Waals surface area contributed by atoms with E-state index >= 15 is 0 Å². The fourth-order valence-electron chi connectivity index (χ4n) is 2.41. The van der Waals surface area contributed by atoms with Gasteiger partial charge in [0.1, 0.15) is 12.2 Å². The molecule has 178 valence electrons. The molecule has 9 N–H and O–H groups in total. The number of aliphatic hydroxyl groups is 2. The Morgan fingerprint density at radius 1 is 1.32 bits per heavy atom. The lowest BCUT2D eigenvalue weighted by Crippen LogP contribution is -2.60. The maximum Gasteiger partial charge on any atom is 0.490 e. The summed E-state index contributed by atoms with van der Waals surface area (Å²) in [6, 6.07) is -1.90. The highest BCUT2D eigenvalue weighted by atomic mass is 19.4. The maximum atomic E-state index is 11.5. The molecule has 13 nitrogen and oxygen atoms in total. The van der Waals surface area contributed by atoms with Crippen LogP contribution in [0.5, 0.6) is 0 Å². The lowest BCUT2D eigenvalue weighted by Gasteiger charge is -2.39. The van der Waals surface area contributed by atoms with Gasteiger partial charge in [-0.05, 0) is 6.08 Å². The molecule has 1 aliphatic heterocycles. The Bertz CT molecular complexity index is 710. The summed E-state index contributed by atoms with van der Waals surface area (Å²) in [4.78, 5) is 35.5. The van der Waals surface area contributed by atoms with Crippen molar-refractivity contribution in [3.8, 4) is 0 Å². The largest absolute Gasteiger partial charge is 0.490 e. The molecule has 0 aromatic carbocycles. The van der Waals surface area contributed by atoms with Crippen molar-refractivity contribution in [1.29, 1.82) is 0 Å². The number of alkyl halides is 3. The number of hydrogen-bond acceptors (Lipinski definition) is 8. The average Bonchev–Trinajstić information content (AvgIpc) is 2.62. The van der Waals surface area contributed by atoms with Crippen LogP contribution in [0.15, 0.2) is 16.8 Å². The third-order valence-corrected chi connectivity index (χ3v) is 3.59. The second-order valence-corrected chi connectivity index (χ2v) is 5.94. The van der Waals surface area contributed by atoms with Crippen molar-refractivity contribution < 1.29 is 57.5 Å². The van der Waals surface area contributed by atoms with E-state index in [9.17, 15) is 33.0 Å². The first-order valence-corrected chi connectivity index (χ1v) is 8.25. The van der Waals surface area contributed by atoms with E-state index in [1.165, 1.54) is 14.0 Å². The summed E-state index contributed by atoms with van der Waals surface area (Å²) in [5.74, 6) is -5.39. The number of aliphatic carboxylic acids is 2. The maximum absolute atomic E-state index is 11.5. The molecule has 0 aliphatic carbocycles. The summed E-state index contributed by atoms with van der Waals surface area (Å²) < 4.78 is 42.2. The van der Waals surface area contributed by atoms with Gasteiger partial charge in [0.25, 0.3) is 0 Å². The number of aliphatic imine (C=N–C) groups is 1. The van der Waals surface area contributed by atoms with Crippen molar-refractivity contribution >= 4 is 23.8 Å². The first-order valence-electron chi connectivity index (χ1n) is 8.25. The number of carbonyl (C=O) groups excluding carboxylic acids is 1. The quantitative estimate of drug-likeness (QED) is 0.155. The van der Waals surface area contributed by atoms with Gasteiger partial charge in [-0.1, -0.05) is 0 Å². The molecule has 0 spiro atoms. The van der Waals surface area contributed by atoms with E-state index in [0.29, 0.717) is 0 Å². The second kappa shape index (κ2) is 11.9. The van der Waals surface area contributed by atoms with Crippen LogP contribution in [0.3, 0.4) is 0 Å². The summed E-state index contributed by atoms with van der Waals surface area (Å²) >= 11 is 0. The third-order valence-electron chi connectivity index (χ3n) is 3.59. The van der Waals surface area contributed by atoms with Crippen molar-refractivity contribution in [2.75, 3.05) is 13.7 Å². The minimum Gasteiger partial charge on any atom is -0.478 e. The number of hydrogen-bond donors (Lipinski definition) is 7. The molecule has 0 unspecified atom stereocenters. The summed E-state index contributed by atoms with van der Waals surface area (Å²) in [5.41, 5.74) is 10.7. The first kappa shape index (κ1) is 27.9. The first-order chi connectivity index (χ1) is 14.1. The Balaban J connectivity index is 0.00000110. The Morgan fingerprint density at radius 3 is 2.16 bits per heavy atom. The number of carboxylic acids is 2. The lowest BCUT2D eigenvalue weighted by atomic mass is 9.92. The van der Waals surface area contributed by atoms with Crippen molar-refractivity contribution in [3.05, 3.63) is 11.8 Å². The molecule has 1 amide bonds. The third kappa shape index (κ3) is 9.06. The highest BCUT2D eigenvalue weighted by Gasteiger charge is 2.44. The van der Waals surface area contributed by atoms with E-state index < -0.39 is 66.8 Å². The van der Waals surface area contributed by atoms with E-state index in [0.717, 1.165) is 6.08 Å². The highest BCUT2D eigenvalue weighted by Crippen LogP contribution is 2.26. The van der Waals surface area contributed by atoms with E-state index in [2.05, 4.69) is 10.3 Å². The zero-order valence-corrected chi connectivity index (χ0v) is 16.2. The smallest absolute Gasteiger partial charge is 0.478 e. The Labute approximate surface area is 173 Å². The van der Waals surface area contributed by atoms with Crippen molar-refractivity contribution in [1.82, 2.24) is 5.32 Å². The number of amides is 1. The fraction of sp³-hybridized carbons (Fsp3) is 0.600. The van der Waals surface area contributed by atoms with Gasteiger partial charge in [0.15, 0.2) is 12.1 Å². The summed E-state index contributed by atoms with van der Waals surface area (Å²) in [7, 11) is 1.24. The second-order valence-electron chi connectivity index (χ2n) is 5.94. The molecule has 0 saturated carbocycles. The topological polar surface area (TPSA) is 227 Å². The van der Waals surface area contributed by atoms with E-state index in [1.54, 1.807) is 0 Å². The molecule has 1 heterocycles. The predicted molar refractivity (Wildman–Crippen MR) is 95.4 cm³/mol. The highest BCUT2D eigenvalue weighted by molar-refractivity contribution is 5.85. The number of nitrogens with one attached hydrogen (secondary N) is 1. The van der Waals surface area contributed by atoms with Gasteiger partial charge in [-0.15, -0.1) is 0 Å². The van der Waals surface area contributed by atoms with Crippen LogP contribution in [0.2, 0.25) is 0 Å². The van der Waals surface area contributed by atoms with Crippen LogP contribution in [-0.4, -0.2) is 94.5 Å². The lowest BCUT2D eigenvalue weighted by molar-refractivity contribution is -0.192. The van der Waals surface area contributed by atoms with Gasteiger partial charge in [0.2, 0.25) is 11.7 Å². The molecule has 0 fully saturated rings. The Kier molecular flexibility index (Phi) is 10.7. The minimum absolute atomic E-state index is 0.325. The van der Waals surface area contributed by atoms with Gasteiger partial charge >= 0.3 is 18.1 Å². The van der Waals surface area contributed by atoms with Crippen LogP contribution in [-0.2, 0) is 23.9 Å². The zero-order valence-electron chi connectivity index (χ0n) is 16.2. The average molecular weight is 460 g/mol. The van der Waals surface area contributed by atoms with Crippen LogP contribution in [0.25, 0.3) is 0 Å².